The summed E-state index contributed by atoms with van der Waals surface area (Å²) in [6.07, 6.45) is -2.13. The van der Waals surface area contributed by atoms with Crippen LogP contribution in [0.3, 0.4) is 0 Å². The summed E-state index contributed by atoms with van der Waals surface area (Å²) in [7, 11) is 0. The minimum absolute atomic E-state index is 0.0133. The molecule has 1 aliphatic heterocycles. The second kappa shape index (κ2) is 13.9. The number of aliphatic hydroxyl groups is 2. The second-order valence-corrected chi connectivity index (χ2v) is 13.1. The number of rotatable bonds is 5. The number of nitrogens with zero attached hydrogens (tertiary/aromatic N) is 9. The van der Waals surface area contributed by atoms with E-state index in [9.17, 15) is 14.6 Å². The molecule has 0 radical (unpaired) electrons. The number of halogens is 4. The van der Waals surface area contributed by atoms with Gasteiger partial charge in [0.25, 0.3) is 0 Å². The molecular formula is C30H28Cl3FN12O4. The van der Waals surface area contributed by atoms with E-state index in [4.69, 9.17) is 55.4 Å². The quantitative estimate of drug-likeness (QED) is 0.155. The highest BCUT2D eigenvalue weighted by molar-refractivity contribution is 6.43. The molecular weight excluding hydrogens is 718 g/mol. The molecule has 2 aromatic carbocycles. The van der Waals surface area contributed by atoms with E-state index in [0.717, 1.165) is 0 Å². The molecule has 0 unspecified atom stereocenters. The Hall–Kier alpha value is -4.78. The van der Waals surface area contributed by atoms with Crippen LogP contribution in [0.15, 0.2) is 53.5 Å². The highest BCUT2D eigenvalue weighted by Crippen LogP contribution is 2.40. The molecule has 7 N–H and O–H groups in total. The van der Waals surface area contributed by atoms with E-state index >= 15 is 0 Å². The number of aromatic nitrogens is 9. The number of aliphatic hydroxyl groups excluding tert-OH is 2. The maximum atomic E-state index is 14.2. The highest BCUT2D eigenvalue weighted by atomic mass is 35.5. The molecule has 260 valence electrons. The molecule has 1 saturated heterocycles. The van der Waals surface area contributed by atoms with E-state index in [-0.39, 0.29) is 34.2 Å². The zero-order valence-corrected chi connectivity index (χ0v) is 28.6. The predicted molar refractivity (Wildman–Crippen MR) is 182 cm³/mol. The van der Waals surface area contributed by atoms with Gasteiger partial charge in [-0.05, 0) is 24.3 Å². The fraction of sp³-hybridized carbons (Fsp3) is 0.267. The van der Waals surface area contributed by atoms with Crippen LogP contribution in [0, 0.1) is 5.82 Å². The van der Waals surface area contributed by atoms with E-state index in [0.29, 0.717) is 38.4 Å². The fourth-order valence-corrected chi connectivity index (χ4v) is 5.37. The Balaban J connectivity index is 0.000000226. The van der Waals surface area contributed by atoms with Gasteiger partial charge in [-0.15, -0.1) is 20.4 Å². The molecule has 0 spiro atoms. The lowest BCUT2D eigenvalue weighted by Crippen LogP contribution is -2.29. The van der Waals surface area contributed by atoms with Crippen molar-refractivity contribution in [3.63, 3.8) is 0 Å². The average Bonchev–Trinajstić information content (AvgIpc) is 3.79. The Bertz CT molecular complexity index is 2180. The van der Waals surface area contributed by atoms with Crippen LogP contribution in [0.2, 0.25) is 15.1 Å². The van der Waals surface area contributed by atoms with Gasteiger partial charge in [0, 0.05) is 16.0 Å². The summed E-state index contributed by atoms with van der Waals surface area (Å²) in [4.78, 5) is 16.5. The Labute approximate surface area is 297 Å². The van der Waals surface area contributed by atoms with Crippen molar-refractivity contribution in [2.75, 3.05) is 16.8 Å². The lowest BCUT2D eigenvalue weighted by Gasteiger charge is -2.16. The van der Waals surface area contributed by atoms with Crippen LogP contribution in [0.4, 0.5) is 27.7 Å². The van der Waals surface area contributed by atoms with Crippen LogP contribution in [0.5, 0.6) is 0 Å². The van der Waals surface area contributed by atoms with Gasteiger partial charge in [-0.3, -0.25) is 4.57 Å². The van der Waals surface area contributed by atoms with Gasteiger partial charge >= 0.3 is 0 Å². The summed E-state index contributed by atoms with van der Waals surface area (Å²) in [5.74, 6) is 0.284. The Morgan fingerprint density at radius 1 is 0.960 bits per heavy atom. The summed E-state index contributed by atoms with van der Waals surface area (Å²) in [5, 5.41) is 40.7. The molecule has 20 heteroatoms. The topological polar surface area (TPSA) is 235 Å². The first kappa shape index (κ1) is 35.1. The lowest BCUT2D eigenvalue weighted by atomic mass is 9.97. The first-order valence-electron chi connectivity index (χ1n) is 14.7. The van der Waals surface area contributed by atoms with Crippen LogP contribution < -0.4 is 16.8 Å². The molecule has 0 amide bonds. The molecule has 16 nitrogen and oxygen atoms in total. The first-order valence-corrected chi connectivity index (χ1v) is 15.8. The van der Waals surface area contributed by atoms with Crippen molar-refractivity contribution in [2.45, 2.75) is 50.7 Å². The highest BCUT2D eigenvalue weighted by Gasteiger charge is 2.48. The van der Waals surface area contributed by atoms with Crippen LogP contribution in [0.25, 0.3) is 22.4 Å². The third kappa shape index (κ3) is 6.96. The van der Waals surface area contributed by atoms with Crippen LogP contribution in [-0.2, 0) is 10.2 Å². The molecule has 0 saturated carbocycles. The second-order valence-electron chi connectivity index (χ2n) is 11.9. The van der Waals surface area contributed by atoms with Gasteiger partial charge in [0.1, 0.15) is 30.0 Å². The van der Waals surface area contributed by atoms with E-state index in [1.54, 1.807) is 18.2 Å². The molecule has 7 rings (SSSR count). The average molecular weight is 746 g/mol. The maximum absolute atomic E-state index is 14.2. The zero-order valence-electron chi connectivity index (χ0n) is 26.3. The Morgan fingerprint density at radius 2 is 1.74 bits per heavy atom. The Kier molecular flexibility index (Phi) is 9.71. The van der Waals surface area contributed by atoms with Crippen LogP contribution in [-0.4, -0.2) is 67.3 Å². The van der Waals surface area contributed by atoms with Gasteiger partial charge in [0.15, 0.2) is 35.1 Å². The third-order valence-corrected chi connectivity index (χ3v) is 8.37. The summed E-state index contributed by atoms with van der Waals surface area (Å²) >= 11 is 17.7. The van der Waals surface area contributed by atoms with Crippen molar-refractivity contribution < 1.29 is 23.8 Å². The number of fused-ring (bicyclic) bond motifs is 1. The minimum atomic E-state index is -1.34. The van der Waals surface area contributed by atoms with Crippen molar-refractivity contribution in [3.05, 3.63) is 81.7 Å². The summed E-state index contributed by atoms with van der Waals surface area (Å²) in [6, 6.07) is 9.32. The SMILES string of the molecule is CC(C)(C)c1nnc([C@H]2O[C@@H](n3cnc4c(Nc5ccc(Cl)cc5F)ncnc43)[C@H](O)[C@@H]2O)o1.Nc1nnc(-c2cccc(Cl)c2Cl)c(N)n1. The number of nitrogens with two attached hydrogens (primary N) is 2. The van der Waals surface area contributed by atoms with Crippen LogP contribution in [0.1, 0.15) is 44.9 Å². The van der Waals surface area contributed by atoms with Crippen LogP contribution >= 0.6 is 34.8 Å². The molecule has 50 heavy (non-hydrogen) atoms. The van der Waals surface area contributed by atoms with E-state index in [2.05, 4.69) is 45.6 Å². The predicted octanol–water partition coefficient (Wildman–Crippen LogP) is 5.04. The van der Waals surface area contributed by atoms with Gasteiger partial charge in [-0.25, -0.2) is 19.3 Å². The monoisotopic (exact) mass is 744 g/mol. The van der Waals surface area contributed by atoms with Crippen molar-refractivity contribution in [2.24, 2.45) is 0 Å². The largest absolute Gasteiger partial charge is 0.422 e. The molecule has 4 aromatic heterocycles. The first-order chi connectivity index (χ1) is 23.7. The van der Waals surface area contributed by atoms with Crippen molar-refractivity contribution in [1.82, 2.24) is 44.9 Å². The molecule has 1 aliphatic rings. The number of imidazole rings is 1. The number of nitrogens with one attached hydrogen (secondary N) is 1. The molecule has 5 heterocycles. The summed E-state index contributed by atoms with van der Waals surface area (Å²) < 4.78 is 27.3. The van der Waals surface area contributed by atoms with Crippen molar-refractivity contribution in [1.29, 1.82) is 0 Å². The van der Waals surface area contributed by atoms with Gasteiger partial charge < -0.3 is 36.2 Å². The lowest BCUT2D eigenvalue weighted by molar-refractivity contribution is -0.0441. The molecule has 6 aromatic rings. The number of nitrogen functional groups attached to an aromatic ring is 2. The molecule has 0 aliphatic carbocycles. The van der Waals surface area contributed by atoms with E-state index < -0.39 is 35.8 Å². The van der Waals surface area contributed by atoms with Gasteiger partial charge in [-0.2, -0.15) is 4.98 Å². The van der Waals surface area contributed by atoms with Gasteiger partial charge in [0.2, 0.25) is 17.7 Å². The minimum Gasteiger partial charge on any atom is -0.422 e. The van der Waals surface area contributed by atoms with E-state index in [1.807, 2.05) is 20.8 Å². The number of anilines is 4. The zero-order chi connectivity index (χ0) is 35.9. The number of benzene rings is 2. The number of ether oxygens (including phenoxy) is 1. The van der Waals surface area contributed by atoms with Gasteiger partial charge in [0.05, 0.1) is 22.1 Å². The molecule has 1 fully saturated rings. The Morgan fingerprint density at radius 3 is 2.44 bits per heavy atom. The standard InChI is InChI=1S/C21H21ClFN7O4.C9H7Cl2N5/c1-21(2,3)20-29-28-18(34-20)15-13(31)14(32)19(33-15)30-8-26-12-16(24-7-25-17(12)30)27-11-5-4-9(22)6-10(11)23;10-5-3-1-2-4(6(5)11)7-8(12)14-9(13)16-15-7/h4-8,13-15,19,31-32H,1-3H3,(H,24,25,27);1-3H,(H4,12,13,14,16)/t13-,14+,15-,19+;/m0./s1. The van der Waals surface area contributed by atoms with E-state index in [1.165, 1.54) is 35.4 Å². The summed E-state index contributed by atoms with van der Waals surface area (Å²) in [6.45, 7) is 5.73. The van der Waals surface area contributed by atoms with Gasteiger partial charge in [-0.1, -0.05) is 67.7 Å². The number of hydrogen-bond donors (Lipinski definition) is 5. The summed E-state index contributed by atoms with van der Waals surface area (Å²) in [5.41, 5.74) is 12.3. The van der Waals surface area contributed by atoms with Crippen molar-refractivity contribution in [3.8, 4) is 11.3 Å². The molecule has 0 bridgehead atoms. The normalized spacial score (nSPS) is 19.0. The molecule has 4 atom stereocenters. The number of hydrogen-bond acceptors (Lipinski definition) is 15. The fourth-order valence-electron chi connectivity index (χ4n) is 4.82. The van der Waals surface area contributed by atoms with Crippen molar-refractivity contribution >= 4 is 69.2 Å². The third-order valence-electron chi connectivity index (χ3n) is 7.32. The smallest absolute Gasteiger partial charge is 0.248 e. The maximum Gasteiger partial charge on any atom is 0.248 e.